The molecule has 0 N–H and O–H groups in total. The fourth-order valence-electron chi connectivity index (χ4n) is 16.9. The second-order valence-electron chi connectivity index (χ2n) is 35.8. The molecule has 404 valence electrons. The van der Waals surface area contributed by atoms with Crippen molar-refractivity contribution >= 4 is 146 Å². The molecule has 3 rings (SSSR count). The van der Waals surface area contributed by atoms with E-state index in [1.807, 2.05) is 0 Å². The zero-order valence-electron chi connectivity index (χ0n) is 53.5. The van der Waals surface area contributed by atoms with E-state index < -0.39 is 139 Å². The number of hydrogen-bond donors (Lipinski definition) is 0. The summed E-state index contributed by atoms with van der Waals surface area (Å²) in [5.74, 6) is 0. The first kappa shape index (κ1) is 66.9. The molecule has 0 amide bonds. The van der Waals surface area contributed by atoms with E-state index in [1.54, 1.807) is 40.4 Å². The van der Waals surface area contributed by atoms with Gasteiger partial charge in [-0.1, -0.05) is 0 Å². The molecule has 1 heterocycles. The molecule has 0 bridgehead atoms. The third kappa shape index (κ3) is 15.9. The molecule has 0 atom stereocenters. The second-order valence-corrected chi connectivity index (χ2v) is 116. The van der Waals surface area contributed by atoms with Gasteiger partial charge in [-0.3, -0.25) is 0 Å². The molecule has 0 saturated carbocycles. The number of hydrogen-bond acceptors (Lipinski definition) is 2. The molecule has 0 spiro atoms. The third-order valence-electron chi connectivity index (χ3n) is 15.3. The summed E-state index contributed by atoms with van der Waals surface area (Å²) in [6, 6.07) is 11.7. The van der Waals surface area contributed by atoms with Crippen molar-refractivity contribution in [2.45, 2.75) is 267 Å². The van der Waals surface area contributed by atoms with Gasteiger partial charge in [-0.25, -0.2) is 0 Å². The van der Waals surface area contributed by atoms with Crippen LogP contribution in [0.2, 0.25) is 236 Å². The SMILES string of the molecule is C[Si](C)(C)C(c1cc(C([Si](C)(C)C)[Si](C)(C)C)[c]([Sb]2[O][Sb]([c]3c(C([Si](C)(C)C)[Si](C)(C)C)cc(C([Si](C)(C)C)[Si](C)(C)C)cc3C([Si](C)(C)C)[Si](C)(C)C)[O]2)c(C([Si](C)(C)C)[Si](C)(C)C)c1)[Si](C)(C)C. The molecular formula is C54H118O2Sb2Si12. The van der Waals surface area contributed by atoms with Gasteiger partial charge in [-0.2, -0.15) is 0 Å². The van der Waals surface area contributed by atoms with E-state index in [1.165, 1.54) is 0 Å². The molecule has 0 radical (unpaired) electrons. The molecule has 2 aromatic rings. The van der Waals surface area contributed by atoms with E-state index in [4.69, 9.17) is 2.59 Å². The van der Waals surface area contributed by atoms with Gasteiger partial charge in [0.1, 0.15) is 0 Å². The Bertz CT molecular complexity index is 1800. The Morgan fingerprint density at radius 2 is 0.357 bits per heavy atom. The van der Waals surface area contributed by atoms with Crippen LogP contribution in [0.1, 0.15) is 64.4 Å². The first-order valence-corrected chi connectivity index (χ1v) is 77.3. The number of rotatable bonds is 20. The van der Waals surface area contributed by atoms with Gasteiger partial charge in [0.15, 0.2) is 0 Å². The van der Waals surface area contributed by atoms with Gasteiger partial charge in [-0.15, -0.1) is 0 Å². The van der Waals surface area contributed by atoms with Crippen molar-refractivity contribution in [1.82, 2.24) is 0 Å². The van der Waals surface area contributed by atoms with Gasteiger partial charge < -0.3 is 0 Å². The Balaban J connectivity index is 2.82. The summed E-state index contributed by atoms with van der Waals surface area (Å²) in [6.07, 6.45) is 0. The molecule has 1 saturated heterocycles. The Morgan fingerprint density at radius 1 is 0.229 bits per heavy atom. The molecule has 0 aromatic heterocycles. The van der Waals surface area contributed by atoms with Crippen molar-refractivity contribution < 1.29 is 2.59 Å². The molecule has 0 aliphatic carbocycles. The van der Waals surface area contributed by atoms with E-state index >= 15 is 0 Å². The molecule has 2 aromatic carbocycles. The predicted octanol–water partition coefficient (Wildman–Crippen LogP) is 17.9. The van der Waals surface area contributed by atoms with Crippen LogP contribution < -0.4 is 7.02 Å². The Labute approximate surface area is 467 Å². The van der Waals surface area contributed by atoms with Crippen molar-refractivity contribution in [2.75, 3.05) is 0 Å². The van der Waals surface area contributed by atoms with Crippen molar-refractivity contribution in [2.24, 2.45) is 0 Å². The summed E-state index contributed by atoms with van der Waals surface area (Å²) in [5, 5.41) is 4.03. The molecule has 1 fully saturated rings. The van der Waals surface area contributed by atoms with Gasteiger partial charge in [0.25, 0.3) is 0 Å². The minimum atomic E-state index is -2.96. The molecule has 2 nitrogen and oxygen atoms in total. The van der Waals surface area contributed by atoms with Gasteiger partial charge in [0.2, 0.25) is 0 Å². The normalized spacial score (nSPS) is 16.8. The van der Waals surface area contributed by atoms with Crippen LogP contribution >= 0.6 is 0 Å². The monoisotopic (exact) mass is 1380 g/mol. The van der Waals surface area contributed by atoms with Crippen molar-refractivity contribution in [1.29, 1.82) is 0 Å². The van der Waals surface area contributed by atoms with Crippen LogP contribution in [0.3, 0.4) is 0 Å². The van der Waals surface area contributed by atoms with Crippen LogP contribution in [-0.2, 0) is 2.59 Å². The Morgan fingerprint density at radius 3 is 0.471 bits per heavy atom. The van der Waals surface area contributed by atoms with Crippen LogP contribution in [0.25, 0.3) is 0 Å². The predicted molar refractivity (Wildman–Crippen MR) is 362 cm³/mol. The van der Waals surface area contributed by atoms with Gasteiger partial charge in [-0.05, 0) is 0 Å². The van der Waals surface area contributed by atoms with E-state index in [-0.39, 0.29) is 0 Å². The second kappa shape index (κ2) is 21.6. The average Bonchev–Trinajstić information content (AvgIpc) is 2.93. The van der Waals surface area contributed by atoms with Crippen molar-refractivity contribution in [3.8, 4) is 0 Å². The van der Waals surface area contributed by atoms with Crippen molar-refractivity contribution in [3.63, 3.8) is 0 Å². The summed E-state index contributed by atoms with van der Waals surface area (Å²) in [6.45, 7) is 97.6. The Hall–Kier alpha value is 2.60. The maximum absolute atomic E-state index is 8.35. The zero-order valence-corrected chi connectivity index (χ0v) is 70.6. The van der Waals surface area contributed by atoms with Crippen LogP contribution in [0, 0.1) is 0 Å². The summed E-state index contributed by atoms with van der Waals surface area (Å²) >= 11 is -5.92. The van der Waals surface area contributed by atoms with E-state index in [0.29, 0.717) is 31.0 Å². The summed E-state index contributed by atoms with van der Waals surface area (Å²) in [4.78, 5) is 0. The standard InChI is InChI=1S/2C27H59Si6.2O.2Sb/c2*1-28(2,3)25(29(4,5)6)22-19-23(26(30(7,8)9)31(10,11)12)21-24(20-22)27(32(13,14)15)33(16,17)18;;;;/h2*19-20,25-27H,1-18H3;;;;. The molecule has 16 heteroatoms. The summed E-state index contributed by atoms with van der Waals surface area (Å²) in [5.41, 5.74) is 10.5. The molecule has 1 aliphatic heterocycles. The molecule has 70 heavy (non-hydrogen) atoms. The van der Waals surface area contributed by atoms with E-state index in [2.05, 4.69) is 260 Å². The maximum atomic E-state index is 8.35. The first-order chi connectivity index (χ1) is 30.4. The van der Waals surface area contributed by atoms with Gasteiger partial charge >= 0.3 is 473 Å². The van der Waals surface area contributed by atoms with Crippen LogP contribution in [-0.4, -0.2) is 139 Å². The zero-order chi connectivity index (χ0) is 55.5. The Kier molecular flexibility index (Phi) is 20.6. The molecular weight excluding hydrogens is 1260 g/mol. The topological polar surface area (TPSA) is 18.5 Å². The fourth-order valence-corrected chi connectivity index (χ4v) is 114. The van der Waals surface area contributed by atoms with Crippen LogP contribution in [0.5, 0.6) is 0 Å². The number of benzene rings is 2. The summed E-state index contributed by atoms with van der Waals surface area (Å²) in [7, 11) is -20.2. The van der Waals surface area contributed by atoms with Crippen molar-refractivity contribution in [3.05, 3.63) is 57.6 Å². The third-order valence-corrected chi connectivity index (χ3v) is 89.2. The van der Waals surface area contributed by atoms with E-state index in [9.17, 15) is 0 Å². The first-order valence-electron chi connectivity index (χ1n) is 27.7. The molecule has 1 aliphatic rings. The van der Waals surface area contributed by atoms with Gasteiger partial charge in [0, 0.05) is 0 Å². The quantitative estimate of drug-likeness (QED) is 0.123. The average molecular weight is 1380 g/mol. The summed E-state index contributed by atoms with van der Waals surface area (Å²) < 4.78 is 20.1. The fraction of sp³-hybridized carbons (Fsp3) is 0.778. The van der Waals surface area contributed by atoms with E-state index in [0.717, 1.165) is 0 Å². The molecule has 0 unspecified atom stereocenters. The van der Waals surface area contributed by atoms with Crippen LogP contribution in [0.4, 0.5) is 0 Å². The minimum absolute atomic E-state index is 0.654. The van der Waals surface area contributed by atoms with Crippen LogP contribution in [0.15, 0.2) is 24.3 Å². The van der Waals surface area contributed by atoms with Gasteiger partial charge in [0.05, 0.1) is 0 Å².